The molecule has 30 heavy (non-hydrogen) atoms. The number of hydrogen-bond donors (Lipinski definition) is 2. The van der Waals surface area contributed by atoms with Gasteiger partial charge in [-0.2, -0.15) is 5.10 Å². The Morgan fingerprint density at radius 2 is 2.13 bits per heavy atom. The normalized spacial score (nSPS) is 14.1. The number of hydrogen-bond acceptors (Lipinski definition) is 4. The monoisotopic (exact) mass is 403 g/mol. The van der Waals surface area contributed by atoms with Gasteiger partial charge in [-0.05, 0) is 43.7 Å². The molecule has 1 saturated carbocycles. The third-order valence-corrected chi connectivity index (χ3v) is 4.91. The van der Waals surface area contributed by atoms with E-state index in [2.05, 4.69) is 32.6 Å². The molecule has 0 saturated heterocycles. The summed E-state index contributed by atoms with van der Waals surface area (Å²) in [7, 11) is 1.79. The topological polar surface area (TPSA) is 81.1 Å². The second-order valence-corrected chi connectivity index (χ2v) is 7.63. The number of urea groups is 1. The summed E-state index contributed by atoms with van der Waals surface area (Å²) in [5.74, 6) is 7.36. The van der Waals surface area contributed by atoms with Crippen LogP contribution in [-0.2, 0) is 11.8 Å². The summed E-state index contributed by atoms with van der Waals surface area (Å²) in [6.07, 6.45) is 4.24. The Bertz CT molecular complexity index is 1110. The minimum absolute atomic E-state index is 0.0166. The summed E-state index contributed by atoms with van der Waals surface area (Å²) in [5.41, 5.74) is 2.45. The van der Waals surface area contributed by atoms with Crippen LogP contribution in [0.2, 0.25) is 0 Å². The Kier molecular flexibility index (Phi) is 5.96. The van der Waals surface area contributed by atoms with Crippen LogP contribution in [0.5, 0.6) is 0 Å². The Hall–Kier alpha value is -3.37. The number of nitrogens with zero attached hydrogens (tertiary/aromatic N) is 3. The van der Waals surface area contributed by atoms with Crippen molar-refractivity contribution in [3.05, 3.63) is 53.9 Å². The summed E-state index contributed by atoms with van der Waals surface area (Å²) < 4.78 is 7.34. The fourth-order valence-corrected chi connectivity index (χ4v) is 2.96. The van der Waals surface area contributed by atoms with E-state index in [9.17, 15) is 4.79 Å². The molecule has 4 rings (SSSR count). The highest BCUT2D eigenvalue weighted by Crippen LogP contribution is 2.29. The number of ether oxygens (including phenoxy) is 1. The van der Waals surface area contributed by atoms with E-state index in [0.29, 0.717) is 24.0 Å². The van der Waals surface area contributed by atoms with E-state index in [0.717, 1.165) is 23.1 Å². The number of para-hydroxylation sites is 1. The smallest absolute Gasteiger partial charge is 0.320 e. The average Bonchev–Trinajstić information content (AvgIpc) is 3.51. The average molecular weight is 403 g/mol. The lowest BCUT2D eigenvalue weighted by molar-refractivity contribution is 0.0601. The predicted octanol–water partition coefficient (Wildman–Crippen LogP) is 3.30. The number of amides is 2. The van der Waals surface area contributed by atoms with Gasteiger partial charge in [-0.1, -0.05) is 24.1 Å². The maximum absolute atomic E-state index is 12.1. The number of rotatable bonds is 6. The van der Waals surface area contributed by atoms with Gasteiger partial charge >= 0.3 is 6.03 Å². The van der Waals surface area contributed by atoms with Crippen molar-refractivity contribution >= 4 is 22.8 Å². The van der Waals surface area contributed by atoms with Gasteiger partial charge in [-0.3, -0.25) is 15.0 Å². The molecule has 7 heteroatoms. The molecule has 1 aromatic carbocycles. The molecule has 3 aromatic rings. The van der Waals surface area contributed by atoms with E-state index in [4.69, 9.17) is 4.74 Å². The standard InChI is InChI=1S/C23H25N5O2/c1-16(30-15-17-7-8-17)13-25-23(29)26-22-12-20(28(2)27-22)10-9-18-11-19-5-3-4-6-21(19)24-14-18/h3-6,11-12,14,16-17H,7-8,13,15H2,1-2H3,(H2,25,26,27,29)/t16-/m0/s1. The molecule has 1 fully saturated rings. The van der Waals surface area contributed by atoms with Crippen LogP contribution in [0.25, 0.3) is 10.9 Å². The van der Waals surface area contributed by atoms with E-state index < -0.39 is 0 Å². The molecule has 2 heterocycles. The van der Waals surface area contributed by atoms with Crippen molar-refractivity contribution in [1.29, 1.82) is 0 Å². The minimum atomic E-state index is -0.312. The Balaban J connectivity index is 1.33. The number of fused-ring (bicyclic) bond motifs is 1. The molecule has 0 bridgehead atoms. The molecule has 0 radical (unpaired) electrons. The number of nitrogens with one attached hydrogen (secondary N) is 2. The van der Waals surface area contributed by atoms with Crippen molar-refractivity contribution < 1.29 is 9.53 Å². The number of aryl methyl sites for hydroxylation is 1. The predicted molar refractivity (Wildman–Crippen MR) is 116 cm³/mol. The second-order valence-electron chi connectivity index (χ2n) is 7.63. The number of pyridine rings is 1. The fourth-order valence-electron chi connectivity index (χ4n) is 2.96. The highest BCUT2D eigenvalue weighted by atomic mass is 16.5. The maximum Gasteiger partial charge on any atom is 0.320 e. The van der Waals surface area contributed by atoms with Gasteiger partial charge < -0.3 is 10.1 Å². The quantitative estimate of drug-likeness (QED) is 0.619. The first-order valence-electron chi connectivity index (χ1n) is 10.1. The van der Waals surface area contributed by atoms with Crippen molar-refractivity contribution in [1.82, 2.24) is 20.1 Å². The number of carbonyl (C=O) groups excluding carboxylic acids is 1. The van der Waals surface area contributed by atoms with E-state index >= 15 is 0 Å². The van der Waals surface area contributed by atoms with Crippen LogP contribution in [0.3, 0.4) is 0 Å². The number of benzene rings is 1. The molecule has 0 unspecified atom stereocenters. The molecule has 2 amide bonds. The van der Waals surface area contributed by atoms with Crippen LogP contribution in [0.4, 0.5) is 10.6 Å². The van der Waals surface area contributed by atoms with Crippen molar-refractivity contribution in [2.24, 2.45) is 13.0 Å². The summed E-state index contributed by atoms with van der Waals surface area (Å²) >= 11 is 0. The van der Waals surface area contributed by atoms with Gasteiger partial charge in [0.2, 0.25) is 0 Å². The zero-order valence-corrected chi connectivity index (χ0v) is 17.2. The lowest BCUT2D eigenvalue weighted by atomic mass is 10.1. The minimum Gasteiger partial charge on any atom is -0.376 e. The van der Waals surface area contributed by atoms with E-state index in [1.165, 1.54) is 12.8 Å². The van der Waals surface area contributed by atoms with Gasteiger partial charge in [-0.15, -0.1) is 0 Å². The van der Waals surface area contributed by atoms with Crippen molar-refractivity contribution in [3.63, 3.8) is 0 Å². The van der Waals surface area contributed by atoms with E-state index in [1.807, 2.05) is 37.3 Å². The van der Waals surface area contributed by atoms with E-state index in [1.54, 1.807) is 24.0 Å². The lowest BCUT2D eigenvalue weighted by Crippen LogP contribution is -2.35. The van der Waals surface area contributed by atoms with Gasteiger partial charge in [-0.25, -0.2) is 4.79 Å². The molecular formula is C23H25N5O2. The maximum atomic E-state index is 12.1. The summed E-state index contributed by atoms with van der Waals surface area (Å²) in [6.45, 7) is 3.19. The van der Waals surface area contributed by atoms with Gasteiger partial charge in [0.15, 0.2) is 5.82 Å². The van der Waals surface area contributed by atoms with Crippen LogP contribution < -0.4 is 10.6 Å². The fraction of sp³-hybridized carbons (Fsp3) is 0.348. The number of carbonyl (C=O) groups is 1. The zero-order valence-electron chi connectivity index (χ0n) is 17.2. The van der Waals surface area contributed by atoms with E-state index in [-0.39, 0.29) is 12.1 Å². The first-order valence-corrected chi connectivity index (χ1v) is 10.1. The molecular weight excluding hydrogens is 378 g/mol. The molecule has 0 spiro atoms. The third-order valence-electron chi connectivity index (χ3n) is 4.91. The lowest BCUT2D eigenvalue weighted by Gasteiger charge is -2.13. The molecule has 1 atom stereocenters. The van der Waals surface area contributed by atoms with Crippen molar-refractivity contribution in [2.45, 2.75) is 25.9 Å². The van der Waals surface area contributed by atoms with Crippen LogP contribution in [-0.4, -0.2) is 40.1 Å². The Morgan fingerprint density at radius 3 is 2.97 bits per heavy atom. The zero-order chi connectivity index (χ0) is 20.9. The largest absolute Gasteiger partial charge is 0.376 e. The van der Waals surface area contributed by atoms with Gasteiger partial charge in [0.1, 0.15) is 5.69 Å². The van der Waals surface area contributed by atoms with Crippen LogP contribution in [0.15, 0.2) is 42.6 Å². The SMILES string of the molecule is C[C@@H](CNC(=O)Nc1cc(C#Cc2cnc3ccccc3c2)n(C)n1)OCC1CC1. The van der Waals surface area contributed by atoms with Crippen LogP contribution in [0, 0.1) is 17.8 Å². The summed E-state index contributed by atoms with van der Waals surface area (Å²) in [6, 6.07) is 11.4. The molecule has 1 aliphatic carbocycles. The Labute approximate surface area is 175 Å². The first-order chi connectivity index (χ1) is 14.6. The van der Waals surface area contributed by atoms with Gasteiger partial charge in [0, 0.05) is 43.4 Å². The van der Waals surface area contributed by atoms with Crippen LogP contribution in [0.1, 0.15) is 31.0 Å². The molecule has 7 nitrogen and oxygen atoms in total. The van der Waals surface area contributed by atoms with Crippen molar-refractivity contribution in [3.8, 4) is 11.8 Å². The number of anilines is 1. The molecule has 154 valence electrons. The van der Waals surface area contributed by atoms with Crippen LogP contribution >= 0.6 is 0 Å². The van der Waals surface area contributed by atoms with Crippen molar-refractivity contribution in [2.75, 3.05) is 18.5 Å². The Morgan fingerprint density at radius 1 is 1.30 bits per heavy atom. The first kappa shape index (κ1) is 19.9. The number of aromatic nitrogens is 3. The highest BCUT2D eigenvalue weighted by molar-refractivity contribution is 5.88. The van der Waals surface area contributed by atoms with Gasteiger partial charge in [0.25, 0.3) is 0 Å². The highest BCUT2D eigenvalue weighted by Gasteiger charge is 2.22. The second kappa shape index (κ2) is 8.97. The third kappa shape index (κ3) is 5.37. The molecule has 2 N–H and O–H groups in total. The molecule has 2 aromatic heterocycles. The van der Waals surface area contributed by atoms with Gasteiger partial charge in [0.05, 0.1) is 11.6 Å². The summed E-state index contributed by atoms with van der Waals surface area (Å²) in [4.78, 5) is 16.5. The molecule has 0 aliphatic heterocycles. The summed E-state index contributed by atoms with van der Waals surface area (Å²) in [5, 5.41) is 10.9. The molecule has 1 aliphatic rings.